The topological polar surface area (TPSA) is 80.6 Å². The first-order valence-corrected chi connectivity index (χ1v) is 12.9. The third kappa shape index (κ3) is 4.57. The van der Waals surface area contributed by atoms with Gasteiger partial charge >= 0.3 is 0 Å². The molecule has 0 radical (unpaired) electrons. The number of benzene rings is 2. The molecule has 0 amide bonds. The number of halogens is 1. The molecule has 2 aromatic carbocycles. The van der Waals surface area contributed by atoms with Crippen LogP contribution in [-0.2, 0) is 4.57 Å². The number of nitrogens with one attached hydrogen (secondary N) is 2. The highest BCUT2D eigenvalue weighted by molar-refractivity contribution is 7.71. The highest BCUT2D eigenvalue weighted by atomic mass is 31.2. The van der Waals surface area contributed by atoms with E-state index in [1.165, 1.54) is 6.07 Å². The van der Waals surface area contributed by atoms with Crippen molar-refractivity contribution >= 4 is 41.0 Å². The van der Waals surface area contributed by atoms with Gasteiger partial charge < -0.3 is 19.9 Å². The summed E-state index contributed by atoms with van der Waals surface area (Å²) < 4.78 is 34.8. The summed E-state index contributed by atoms with van der Waals surface area (Å²) in [4.78, 5) is 4.33. The molecule has 0 aliphatic heterocycles. The molecule has 0 fully saturated rings. The first-order chi connectivity index (χ1) is 15.9. The lowest BCUT2D eigenvalue weighted by Crippen LogP contribution is -2.10. The summed E-state index contributed by atoms with van der Waals surface area (Å²) in [6, 6.07) is 12.3. The summed E-state index contributed by atoms with van der Waals surface area (Å²) in [6.07, 6.45) is 4.55. The molecule has 0 aliphatic rings. The molecular formula is C24H27FN5O2P. The number of anilines is 4. The van der Waals surface area contributed by atoms with Crippen LogP contribution in [0.4, 0.5) is 27.3 Å². The van der Waals surface area contributed by atoms with E-state index in [0.29, 0.717) is 46.6 Å². The molecule has 2 N–H and O–H groups in total. The molecule has 0 unspecified atom stereocenters. The second-order valence-electron chi connectivity index (χ2n) is 7.78. The van der Waals surface area contributed by atoms with Gasteiger partial charge in [-0.1, -0.05) is 19.9 Å². The highest BCUT2D eigenvalue weighted by Gasteiger charge is 2.22. The number of rotatable bonds is 8. The highest BCUT2D eigenvalue weighted by Crippen LogP contribution is 2.45. The second-order valence-corrected chi connectivity index (χ2v) is 11.3. The minimum Gasteiger partial charge on any atom is -0.495 e. The van der Waals surface area contributed by atoms with Crippen LogP contribution in [0.2, 0.25) is 0 Å². The molecule has 172 valence electrons. The number of aromatic nitrogens is 3. The zero-order valence-electron chi connectivity index (χ0n) is 19.1. The van der Waals surface area contributed by atoms with Crippen molar-refractivity contribution in [3.8, 4) is 5.75 Å². The summed E-state index contributed by atoms with van der Waals surface area (Å²) >= 11 is 0. The molecule has 4 rings (SSSR count). The van der Waals surface area contributed by atoms with Crippen molar-refractivity contribution in [2.24, 2.45) is 0 Å². The maximum atomic E-state index is 14.4. The smallest absolute Gasteiger partial charge is 0.177 e. The average Bonchev–Trinajstić information content (AvgIpc) is 3.29. The Hall–Kier alpha value is -3.38. The van der Waals surface area contributed by atoms with Gasteiger partial charge in [0.15, 0.2) is 11.5 Å². The van der Waals surface area contributed by atoms with Gasteiger partial charge in [0.05, 0.1) is 24.2 Å². The van der Waals surface area contributed by atoms with E-state index in [1.807, 2.05) is 45.0 Å². The van der Waals surface area contributed by atoms with Crippen LogP contribution in [0.5, 0.6) is 5.75 Å². The molecule has 2 aromatic heterocycles. The lowest BCUT2D eigenvalue weighted by atomic mass is 10.2. The quantitative estimate of drug-likeness (QED) is 0.324. The fourth-order valence-corrected chi connectivity index (χ4v) is 5.58. The largest absolute Gasteiger partial charge is 0.495 e. The van der Waals surface area contributed by atoms with Crippen LogP contribution >= 0.6 is 7.14 Å². The Labute approximate surface area is 192 Å². The van der Waals surface area contributed by atoms with E-state index in [4.69, 9.17) is 4.74 Å². The van der Waals surface area contributed by atoms with Gasteiger partial charge in [0.25, 0.3) is 0 Å². The fourth-order valence-electron chi connectivity index (χ4n) is 3.70. The lowest BCUT2D eigenvalue weighted by Gasteiger charge is -2.18. The average molecular weight is 467 g/mol. The maximum Gasteiger partial charge on any atom is 0.177 e. The van der Waals surface area contributed by atoms with E-state index in [9.17, 15) is 8.96 Å². The number of fused-ring (bicyclic) bond motifs is 1. The lowest BCUT2D eigenvalue weighted by molar-refractivity contribution is 0.417. The summed E-state index contributed by atoms with van der Waals surface area (Å²) in [5.74, 6) is 0.733. The molecule has 2 heterocycles. The molecular weight excluding hydrogens is 440 g/mol. The Morgan fingerprint density at radius 2 is 1.79 bits per heavy atom. The maximum absolute atomic E-state index is 14.4. The number of hydrogen-bond acceptors (Lipinski definition) is 6. The van der Waals surface area contributed by atoms with Gasteiger partial charge in [-0.3, -0.25) is 0 Å². The van der Waals surface area contributed by atoms with Gasteiger partial charge in [-0.05, 0) is 42.8 Å². The summed E-state index contributed by atoms with van der Waals surface area (Å²) in [5, 5.41) is 11.7. The molecule has 0 bridgehead atoms. The van der Waals surface area contributed by atoms with E-state index >= 15 is 0 Å². The Morgan fingerprint density at radius 3 is 2.48 bits per heavy atom. The predicted molar refractivity (Wildman–Crippen MR) is 132 cm³/mol. The monoisotopic (exact) mass is 467 g/mol. The van der Waals surface area contributed by atoms with Crippen molar-refractivity contribution < 1.29 is 13.7 Å². The third-order valence-electron chi connectivity index (χ3n) is 5.69. The molecule has 0 saturated carbocycles. The van der Waals surface area contributed by atoms with Crippen molar-refractivity contribution in [1.82, 2.24) is 14.6 Å². The van der Waals surface area contributed by atoms with Gasteiger partial charge in [0.2, 0.25) is 0 Å². The fraction of sp³-hybridized carbons (Fsp3) is 0.250. The Morgan fingerprint density at radius 1 is 1.03 bits per heavy atom. The van der Waals surface area contributed by atoms with Gasteiger partial charge in [-0.25, -0.2) is 13.9 Å². The van der Waals surface area contributed by atoms with Crippen LogP contribution in [0.1, 0.15) is 19.4 Å². The van der Waals surface area contributed by atoms with E-state index in [1.54, 1.807) is 36.2 Å². The zero-order valence-corrected chi connectivity index (χ0v) is 20.0. The Kier molecular flexibility index (Phi) is 6.38. The molecule has 0 spiro atoms. The molecule has 0 saturated heterocycles. The van der Waals surface area contributed by atoms with Crippen molar-refractivity contribution in [1.29, 1.82) is 0 Å². The molecule has 0 aliphatic carbocycles. The Balaban J connectivity index is 1.70. The molecule has 33 heavy (non-hydrogen) atoms. The van der Waals surface area contributed by atoms with Crippen molar-refractivity contribution in [2.45, 2.75) is 20.8 Å². The van der Waals surface area contributed by atoms with Crippen molar-refractivity contribution in [3.05, 3.63) is 66.2 Å². The standard InChI is InChI=1S/C24H27FN5O2P/c1-5-33(31,6-2)17-8-10-20(22(14-17)32-4)28-23-15-21(24-26-11-12-30(24)29-23)27-19-9-7-16(3)13-18(19)25/h7-15,27H,5-6H2,1-4H3,(H,28,29). The van der Waals surface area contributed by atoms with Crippen LogP contribution in [-0.4, -0.2) is 34.0 Å². The first kappa shape index (κ1) is 22.8. The third-order valence-corrected chi connectivity index (χ3v) is 8.96. The molecule has 0 atom stereocenters. The molecule has 4 aromatic rings. The molecule has 9 heteroatoms. The minimum atomic E-state index is -2.44. The van der Waals surface area contributed by atoms with Crippen LogP contribution < -0.4 is 20.7 Å². The minimum absolute atomic E-state index is 0.347. The normalized spacial score (nSPS) is 11.5. The van der Waals surface area contributed by atoms with E-state index in [-0.39, 0.29) is 5.82 Å². The van der Waals surface area contributed by atoms with Crippen LogP contribution in [0.3, 0.4) is 0 Å². The van der Waals surface area contributed by atoms with E-state index in [2.05, 4.69) is 20.7 Å². The van der Waals surface area contributed by atoms with Crippen LogP contribution in [0, 0.1) is 12.7 Å². The number of ether oxygens (including phenoxy) is 1. The van der Waals surface area contributed by atoms with Crippen molar-refractivity contribution in [2.75, 3.05) is 30.1 Å². The van der Waals surface area contributed by atoms with Crippen molar-refractivity contribution in [3.63, 3.8) is 0 Å². The SMILES string of the molecule is CCP(=O)(CC)c1ccc(Nc2cc(Nc3ccc(C)cc3F)c3nccn3n2)c(OC)c1. The van der Waals surface area contributed by atoms with Gasteiger partial charge in [0, 0.05) is 36.1 Å². The van der Waals surface area contributed by atoms with Gasteiger partial charge in [-0.2, -0.15) is 0 Å². The van der Waals surface area contributed by atoms with E-state index < -0.39 is 7.14 Å². The number of methoxy groups -OCH3 is 1. The summed E-state index contributed by atoms with van der Waals surface area (Å²) in [7, 11) is -0.860. The van der Waals surface area contributed by atoms with Crippen LogP contribution in [0.15, 0.2) is 54.9 Å². The number of hydrogen-bond donors (Lipinski definition) is 2. The predicted octanol–water partition coefficient (Wildman–Crippen LogP) is 5.70. The van der Waals surface area contributed by atoms with Gasteiger partial charge in [-0.15, -0.1) is 5.10 Å². The first-order valence-electron chi connectivity index (χ1n) is 10.8. The Bertz CT molecular complexity index is 1350. The van der Waals surface area contributed by atoms with Crippen LogP contribution in [0.25, 0.3) is 5.65 Å². The number of nitrogens with zero attached hydrogens (tertiary/aromatic N) is 3. The number of imidazole rings is 1. The van der Waals surface area contributed by atoms with Gasteiger partial charge in [0.1, 0.15) is 18.7 Å². The number of aryl methyl sites for hydroxylation is 1. The summed E-state index contributed by atoms with van der Waals surface area (Å²) in [6.45, 7) is 5.73. The van der Waals surface area contributed by atoms with E-state index in [0.717, 1.165) is 10.9 Å². The summed E-state index contributed by atoms with van der Waals surface area (Å²) in [5.41, 5.74) is 3.03. The second kappa shape index (κ2) is 9.24. The zero-order chi connectivity index (χ0) is 23.6. The molecule has 7 nitrogen and oxygen atoms in total.